The monoisotopic (exact) mass is 462 g/mol. The van der Waals surface area contributed by atoms with Crippen LogP contribution >= 0.6 is 0 Å². The standard InChI is InChI=1S/C23H26N8O3/c24-23(6-9-31(10-7-23)20-16-5-8-25-19(16)27-13-28-20)22(33)29-18(21(32)30-34)11-14-12-26-17-4-2-1-3-15(14)17/h1-5,8,12-13,18,26,34H,6-7,9-11,24H2,(H,29,33)(H,30,32)(H,25,27,28)/t18-/m0/s1. The lowest BCUT2D eigenvalue weighted by molar-refractivity contribution is -0.136. The first-order valence-corrected chi connectivity index (χ1v) is 11.1. The van der Waals surface area contributed by atoms with Crippen molar-refractivity contribution in [3.05, 3.63) is 54.6 Å². The number of nitrogens with one attached hydrogen (secondary N) is 4. The summed E-state index contributed by atoms with van der Waals surface area (Å²) in [4.78, 5) is 42.5. The van der Waals surface area contributed by atoms with Crippen molar-refractivity contribution in [3.8, 4) is 0 Å². The highest BCUT2D eigenvalue weighted by Crippen LogP contribution is 2.28. The molecule has 1 aliphatic heterocycles. The van der Waals surface area contributed by atoms with Crippen LogP contribution in [0.2, 0.25) is 0 Å². The van der Waals surface area contributed by atoms with Gasteiger partial charge in [0.15, 0.2) is 0 Å². The molecule has 0 aliphatic carbocycles. The lowest BCUT2D eigenvalue weighted by Crippen LogP contribution is -2.62. The highest BCUT2D eigenvalue weighted by Gasteiger charge is 2.40. The van der Waals surface area contributed by atoms with Crippen LogP contribution in [0.3, 0.4) is 0 Å². The smallest absolute Gasteiger partial charge is 0.266 e. The van der Waals surface area contributed by atoms with Gasteiger partial charge in [0, 0.05) is 42.8 Å². The van der Waals surface area contributed by atoms with Gasteiger partial charge in [-0.15, -0.1) is 0 Å². The van der Waals surface area contributed by atoms with Gasteiger partial charge in [-0.1, -0.05) is 18.2 Å². The molecule has 4 heterocycles. The first kappa shape index (κ1) is 21.9. The number of benzene rings is 1. The average molecular weight is 463 g/mol. The Balaban J connectivity index is 1.29. The topological polar surface area (TPSA) is 165 Å². The molecule has 176 valence electrons. The molecule has 34 heavy (non-hydrogen) atoms. The van der Waals surface area contributed by atoms with E-state index in [1.165, 1.54) is 6.33 Å². The second kappa shape index (κ2) is 8.76. The van der Waals surface area contributed by atoms with Crippen molar-refractivity contribution >= 4 is 39.6 Å². The van der Waals surface area contributed by atoms with E-state index in [0.717, 1.165) is 33.3 Å². The minimum absolute atomic E-state index is 0.205. The SMILES string of the molecule is NC1(C(=O)N[C@@H](Cc2c[nH]c3ccccc23)C(=O)NO)CCN(c2ncnc3[nH]ccc23)CC1. The van der Waals surface area contributed by atoms with Crippen LogP contribution in [-0.2, 0) is 16.0 Å². The van der Waals surface area contributed by atoms with Crippen LogP contribution in [0.25, 0.3) is 21.9 Å². The minimum Gasteiger partial charge on any atom is -0.361 e. The molecule has 0 bridgehead atoms. The van der Waals surface area contributed by atoms with Crippen molar-refractivity contribution in [2.45, 2.75) is 30.8 Å². The zero-order chi connectivity index (χ0) is 23.7. The maximum absolute atomic E-state index is 13.2. The molecule has 0 radical (unpaired) electrons. The Kier molecular flexibility index (Phi) is 5.64. The molecule has 3 aromatic heterocycles. The number of aromatic nitrogens is 4. The Morgan fingerprint density at radius 3 is 2.74 bits per heavy atom. The number of hydrogen-bond acceptors (Lipinski definition) is 7. The van der Waals surface area contributed by atoms with Crippen LogP contribution in [0.4, 0.5) is 5.82 Å². The highest BCUT2D eigenvalue weighted by molar-refractivity contribution is 5.93. The lowest BCUT2D eigenvalue weighted by atomic mass is 9.87. The molecule has 1 aromatic carbocycles. The largest absolute Gasteiger partial charge is 0.361 e. The number of carbonyl (C=O) groups excluding carboxylic acids is 2. The predicted molar refractivity (Wildman–Crippen MR) is 126 cm³/mol. The maximum atomic E-state index is 13.2. The van der Waals surface area contributed by atoms with Gasteiger partial charge in [0.05, 0.1) is 10.9 Å². The van der Waals surface area contributed by atoms with E-state index >= 15 is 0 Å². The van der Waals surface area contributed by atoms with Crippen LogP contribution in [0.1, 0.15) is 18.4 Å². The first-order valence-electron chi connectivity index (χ1n) is 11.1. The molecule has 11 heteroatoms. The summed E-state index contributed by atoms with van der Waals surface area (Å²) in [5, 5.41) is 13.9. The second-order valence-electron chi connectivity index (χ2n) is 8.65. The van der Waals surface area contributed by atoms with Crippen molar-refractivity contribution in [2.75, 3.05) is 18.0 Å². The molecular weight excluding hydrogens is 436 g/mol. The number of amides is 2. The number of H-pyrrole nitrogens is 2. The molecular formula is C23H26N8O3. The lowest BCUT2D eigenvalue weighted by Gasteiger charge is -2.39. The number of aromatic amines is 2. The number of nitrogens with zero attached hydrogens (tertiary/aromatic N) is 3. The van der Waals surface area contributed by atoms with Crippen LogP contribution in [0, 0.1) is 0 Å². The van der Waals surface area contributed by atoms with Gasteiger partial charge in [0.2, 0.25) is 5.91 Å². The highest BCUT2D eigenvalue weighted by atomic mass is 16.5. The Bertz CT molecular complexity index is 1340. The average Bonchev–Trinajstić information content (AvgIpc) is 3.51. The minimum atomic E-state index is -1.14. The van der Waals surface area contributed by atoms with Crippen LogP contribution in [-0.4, -0.2) is 61.6 Å². The molecule has 2 amide bonds. The van der Waals surface area contributed by atoms with E-state index < -0.39 is 23.4 Å². The summed E-state index contributed by atoms with van der Waals surface area (Å²) in [5.41, 5.74) is 9.56. The van der Waals surface area contributed by atoms with Crippen molar-refractivity contribution in [1.29, 1.82) is 0 Å². The molecule has 1 fully saturated rings. The van der Waals surface area contributed by atoms with Gasteiger partial charge in [0.25, 0.3) is 5.91 Å². The van der Waals surface area contributed by atoms with E-state index in [1.54, 1.807) is 11.7 Å². The number of fused-ring (bicyclic) bond motifs is 2. The molecule has 0 saturated carbocycles. The molecule has 0 spiro atoms. The fourth-order valence-corrected chi connectivity index (χ4v) is 4.56. The summed E-state index contributed by atoms with van der Waals surface area (Å²) >= 11 is 0. The number of rotatable bonds is 6. The zero-order valence-corrected chi connectivity index (χ0v) is 18.4. The van der Waals surface area contributed by atoms with E-state index in [2.05, 4.69) is 30.2 Å². The van der Waals surface area contributed by atoms with Gasteiger partial charge in [-0.05, 0) is 30.5 Å². The first-order chi connectivity index (χ1) is 16.5. The third-order valence-corrected chi connectivity index (χ3v) is 6.57. The zero-order valence-electron chi connectivity index (χ0n) is 18.4. The van der Waals surface area contributed by atoms with Crippen LogP contribution in [0.5, 0.6) is 0 Å². The van der Waals surface area contributed by atoms with Crippen molar-refractivity contribution in [3.63, 3.8) is 0 Å². The summed E-state index contributed by atoms with van der Waals surface area (Å²) in [5.74, 6) is -0.323. The summed E-state index contributed by atoms with van der Waals surface area (Å²) in [6, 6.07) is 8.63. The van der Waals surface area contributed by atoms with E-state index in [-0.39, 0.29) is 6.42 Å². The number of hydroxylamine groups is 1. The quantitative estimate of drug-likeness (QED) is 0.183. The third-order valence-electron chi connectivity index (χ3n) is 6.57. The number of para-hydroxylation sites is 1. The van der Waals surface area contributed by atoms with E-state index in [9.17, 15) is 14.8 Å². The molecule has 1 saturated heterocycles. The molecule has 5 rings (SSSR count). The molecule has 1 atom stereocenters. The Morgan fingerprint density at radius 2 is 1.94 bits per heavy atom. The van der Waals surface area contributed by atoms with Crippen molar-refractivity contribution in [2.24, 2.45) is 5.73 Å². The maximum Gasteiger partial charge on any atom is 0.266 e. The third kappa shape index (κ3) is 3.95. The van der Waals surface area contributed by atoms with Crippen LogP contribution in [0.15, 0.2) is 49.1 Å². The van der Waals surface area contributed by atoms with Gasteiger partial charge < -0.3 is 25.9 Å². The number of carbonyl (C=O) groups is 2. The number of nitrogens with two attached hydrogens (primary N) is 1. The van der Waals surface area contributed by atoms with Crippen LogP contribution < -0.4 is 21.4 Å². The fraction of sp³-hybridized carbons (Fsp3) is 0.304. The van der Waals surface area contributed by atoms with Gasteiger partial charge in [-0.25, -0.2) is 15.4 Å². The van der Waals surface area contributed by atoms with Gasteiger partial charge in [-0.3, -0.25) is 14.8 Å². The van der Waals surface area contributed by atoms with Crippen molar-refractivity contribution < 1.29 is 14.8 Å². The second-order valence-corrected chi connectivity index (χ2v) is 8.65. The molecule has 4 aromatic rings. The van der Waals surface area contributed by atoms with Crippen molar-refractivity contribution in [1.82, 2.24) is 30.7 Å². The number of piperidine rings is 1. The Morgan fingerprint density at radius 1 is 1.15 bits per heavy atom. The summed E-state index contributed by atoms with van der Waals surface area (Å²) < 4.78 is 0. The number of hydrogen-bond donors (Lipinski definition) is 6. The number of anilines is 1. The van der Waals surface area contributed by atoms with E-state index in [1.807, 2.05) is 36.5 Å². The molecule has 7 N–H and O–H groups in total. The molecule has 0 unspecified atom stereocenters. The van der Waals surface area contributed by atoms with Gasteiger partial charge in [0.1, 0.15) is 23.8 Å². The van der Waals surface area contributed by atoms with E-state index in [0.29, 0.717) is 25.9 Å². The predicted octanol–water partition coefficient (Wildman–Crippen LogP) is 0.970. The van der Waals surface area contributed by atoms with E-state index in [4.69, 9.17) is 5.73 Å². The van der Waals surface area contributed by atoms with Gasteiger partial charge in [-0.2, -0.15) is 0 Å². The summed E-state index contributed by atoms with van der Waals surface area (Å²) in [7, 11) is 0. The Labute approximate surface area is 194 Å². The summed E-state index contributed by atoms with van der Waals surface area (Å²) in [6.45, 7) is 1.06. The molecule has 1 aliphatic rings. The fourth-order valence-electron chi connectivity index (χ4n) is 4.56. The Hall–Kier alpha value is -3.96. The normalized spacial score (nSPS) is 16.5. The van der Waals surface area contributed by atoms with Gasteiger partial charge >= 0.3 is 0 Å². The molecule has 11 nitrogen and oxygen atoms in total. The summed E-state index contributed by atoms with van der Waals surface area (Å²) in [6.07, 6.45) is 6.09.